The number of nitrogens with zero attached hydrogens (tertiary/aromatic N) is 2. The Bertz CT molecular complexity index is 3430. The summed E-state index contributed by atoms with van der Waals surface area (Å²) >= 11 is 1.85. The minimum Gasteiger partial charge on any atom is -0.488 e. The molecule has 0 fully saturated rings. The quantitative estimate of drug-likeness (QED) is 0.166. The van der Waals surface area contributed by atoms with Crippen molar-refractivity contribution in [3.05, 3.63) is 236 Å². The topological polar surface area (TPSA) is 15.7 Å². The minimum absolute atomic E-state index is 0.375. The average Bonchev–Trinajstić information content (AvgIpc) is 3.72. The van der Waals surface area contributed by atoms with Crippen molar-refractivity contribution in [3.8, 4) is 39.1 Å². The normalized spacial score (nSPS) is 11.9. The Labute approximate surface area is 371 Å². The predicted molar refractivity (Wildman–Crippen MR) is 267 cm³/mol. The summed E-state index contributed by atoms with van der Waals surface area (Å²) in [4.78, 5) is 4.79. The van der Waals surface area contributed by atoms with Gasteiger partial charge in [0.2, 0.25) is 0 Å². The van der Waals surface area contributed by atoms with Gasteiger partial charge in [0.25, 0.3) is 0 Å². The van der Waals surface area contributed by atoms with Crippen LogP contribution in [-0.4, -0.2) is 0 Å². The predicted octanol–water partition coefficient (Wildman–Crippen LogP) is 17.0. The third-order valence-corrected chi connectivity index (χ3v) is 13.4. The van der Waals surface area contributed by atoms with Gasteiger partial charge in [-0.1, -0.05) is 158 Å². The fraction of sp³-hybridized carbons (Fsp3) is 0.0169. The largest absolute Gasteiger partial charge is 0.488 e. The molecule has 0 aliphatic carbocycles. The molecule has 12 rings (SSSR count). The number of fused-ring (bicyclic) bond motifs is 11. The van der Waals surface area contributed by atoms with E-state index in [0.717, 1.165) is 67.5 Å². The van der Waals surface area contributed by atoms with E-state index in [4.69, 9.17) is 4.74 Å². The molecule has 10 aromatic carbocycles. The molecule has 298 valence electrons. The van der Waals surface area contributed by atoms with Crippen LogP contribution in [0.25, 0.3) is 64.3 Å². The number of hydrogen-bond acceptors (Lipinski definition) is 4. The Morgan fingerprint density at radius 2 is 0.778 bits per heavy atom. The number of para-hydroxylation sites is 4. The van der Waals surface area contributed by atoms with Crippen molar-refractivity contribution in [2.45, 2.75) is 6.61 Å². The first-order valence-corrected chi connectivity index (χ1v) is 22.3. The summed E-state index contributed by atoms with van der Waals surface area (Å²) in [6, 6.07) is 83.2. The first kappa shape index (κ1) is 36.9. The summed E-state index contributed by atoms with van der Waals surface area (Å²) in [6.45, 7) is 0.375. The number of rotatable bonds is 6. The number of hydrogen-bond donors (Lipinski definition) is 0. The number of benzene rings is 10. The van der Waals surface area contributed by atoms with E-state index in [1.165, 1.54) is 42.2 Å². The van der Waals surface area contributed by atoms with Gasteiger partial charge < -0.3 is 14.5 Å². The van der Waals surface area contributed by atoms with E-state index in [-0.39, 0.29) is 0 Å². The number of ether oxygens (including phenoxy) is 1. The maximum atomic E-state index is 7.05. The molecule has 0 radical (unpaired) electrons. The van der Waals surface area contributed by atoms with Crippen LogP contribution in [0, 0.1) is 0 Å². The Morgan fingerprint density at radius 1 is 0.333 bits per heavy atom. The second-order valence-corrected chi connectivity index (χ2v) is 17.1. The van der Waals surface area contributed by atoms with Gasteiger partial charge in [-0.3, -0.25) is 0 Å². The maximum absolute atomic E-state index is 7.05. The standard InChI is InChI=1S/C59H40N2OS/c1-4-19-41(20-5-1)60(42-21-6-2-7-22-42)44-32-34-52-53-35-33-45(38-58(53)63-57(52)37-44)61(43-23-8-3-9-24-43)59-46-25-11-10-18-40(46)36-54-50-29-15-13-27-48(50)47-26-12-14-28-49(47)51-30-16-17-31-56(51)62-39-55(54)59/h1-38H,39H2. The molecule has 0 amide bonds. The van der Waals surface area contributed by atoms with Gasteiger partial charge in [-0.15, -0.1) is 11.3 Å². The highest BCUT2D eigenvalue weighted by atomic mass is 32.1. The summed E-state index contributed by atoms with van der Waals surface area (Å²) in [5.74, 6) is 0.866. The van der Waals surface area contributed by atoms with Crippen LogP contribution >= 0.6 is 11.3 Å². The van der Waals surface area contributed by atoms with Crippen molar-refractivity contribution >= 4 is 76.4 Å². The van der Waals surface area contributed by atoms with Gasteiger partial charge in [-0.25, -0.2) is 0 Å². The molecular weight excluding hydrogens is 785 g/mol. The molecule has 0 bridgehead atoms. The fourth-order valence-electron chi connectivity index (χ4n) is 9.50. The van der Waals surface area contributed by atoms with Crippen LogP contribution in [-0.2, 0) is 6.61 Å². The van der Waals surface area contributed by atoms with Crippen molar-refractivity contribution in [1.82, 2.24) is 0 Å². The van der Waals surface area contributed by atoms with Gasteiger partial charge in [0, 0.05) is 65.1 Å². The van der Waals surface area contributed by atoms with Crippen LogP contribution in [0.15, 0.2) is 231 Å². The summed E-state index contributed by atoms with van der Waals surface area (Å²) in [5, 5.41) is 4.83. The molecule has 0 saturated carbocycles. The zero-order valence-corrected chi connectivity index (χ0v) is 35.2. The van der Waals surface area contributed by atoms with Gasteiger partial charge in [-0.05, 0) is 106 Å². The average molecular weight is 825 g/mol. The SMILES string of the molecule is c1ccc(N(c2ccccc2)c2ccc3c(c2)sc2cc(N(c4ccccc4)c4c5c(cc6ccccc46)-c4ccccc4-c4ccccc4-c4ccccc4OC5)ccc23)cc1. The lowest BCUT2D eigenvalue weighted by Crippen LogP contribution is -2.15. The van der Waals surface area contributed by atoms with Crippen LogP contribution in [0.5, 0.6) is 5.75 Å². The lowest BCUT2D eigenvalue weighted by molar-refractivity contribution is 0.308. The van der Waals surface area contributed by atoms with Crippen LogP contribution in [0.3, 0.4) is 0 Å². The van der Waals surface area contributed by atoms with Crippen molar-refractivity contribution in [3.63, 3.8) is 0 Å². The van der Waals surface area contributed by atoms with Crippen molar-refractivity contribution in [2.75, 3.05) is 9.80 Å². The van der Waals surface area contributed by atoms with Gasteiger partial charge in [0.1, 0.15) is 12.4 Å². The second-order valence-electron chi connectivity index (χ2n) is 16.0. The highest BCUT2D eigenvalue weighted by molar-refractivity contribution is 7.25. The smallest absolute Gasteiger partial charge is 0.127 e. The highest BCUT2D eigenvalue weighted by Crippen LogP contribution is 2.50. The fourth-order valence-corrected chi connectivity index (χ4v) is 10.7. The molecule has 0 spiro atoms. The van der Waals surface area contributed by atoms with Crippen molar-refractivity contribution in [1.29, 1.82) is 0 Å². The van der Waals surface area contributed by atoms with Crippen molar-refractivity contribution in [2.24, 2.45) is 0 Å². The Kier molecular flexibility index (Phi) is 9.09. The zero-order valence-electron chi connectivity index (χ0n) is 34.4. The summed E-state index contributed by atoms with van der Waals surface area (Å²) in [5.41, 5.74) is 14.7. The summed E-state index contributed by atoms with van der Waals surface area (Å²) < 4.78 is 9.53. The monoisotopic (exact) mass is 824 g/mol. The molecule has 1 aromatic heterocycles. The van der Waals surface area contributed by atoms with E-state index in [9.17, 15) is 0 Å². The van der Waals surface area contributed by atoms with Gasteiger partial charge in [0.05, 0.1) is 5.69 Å². The molecule has 2 heterocycles. The van der Waals surface area contributed by atoms with Gasteiger partial charge in [-0.2, -0.15) is 0 Å². The summed E-state index contributed by atoms with van der Waals surface area (Å²) in [6.07, 6.45) is 0. The molecule has 1 aliphatic rings. The molecule has 4 heteroatoms. The van der Waals surface area contributed by atoms with E-state index in [2.05, 4.69) is 240 Å². The summed E-state index contributed by atoms with van der Waals surface area (Å²) in [7, 11) is 0. The third-order valence-electron chi connectivity index (χ3n) is 12.3. The molecule has 63 heavy (non-hydrogen) atoms. The molecule has 1 aliphatic heterocycles. The van der Waals surface area contributed by atoms with Crippen LogP contribution in [0.2, 0.25) is 0 Å². The molecular formula is C59H40N2OS. The van der Waals surface area contributed by atoms with Gasteiger partial charge in [0.15, 0.2) is 0 Å². The van der Waals surface area contributed by atoms with Crippen LogP contribution in [0.4, 0.5) is 34.1 Å². The maximum Gasteiger partial charge on any atom is 0.127 e. The number of anilines is 6. The third kappa shape index (κ3) is 6.43. The zero-order chi connectivity index (χ0) is 41.7. The van der Waals surface area contributed by atoms with E-state index < -0.39 is 0 Å². The number of thiophene rings is 1. The van der Waals surface area contributed by atoms with Crippen molar-refractivity contribution < 1.29 is 4.74 Å². The minimum atomic E-state index is 0.375. The Balaban J connectivity index is 1.08. The first-order valence-electron chi connectivity index (χ1n) is 21.4. The Morgan fingerprint density at radius 3 is 1.37 bits per heavy atom. The first-order chi connectivity index (χ1) is 31.3. The van der Waals surface area contributed by atoms with E-state index >= 15 is 0 Å². The molecule has 0 atom stereocenters. The van der Waals surface area contributed by atoms with Gasteiger partial charge >= 0.3 is 0 Å². The van der Waals surface area contributed by atoms with Crippen LogP contribution < -0.4 is 14.5 Å². The second kappa shape index (κ2) is 15.5. The molecule has 0 unspecified atom stereocenters. The Hall–Kier alpha value is -7.92. The lowest BCUT2D eigenvalue weighted by atomic mass is 9.85. The lowest BCUT2D eigenvalue weighted by Gasteiger charge is -2.31. The molecule has 0 saturated heterocycles. The molecule has 3 nitrogen and oxygen atoms in total. The molecule has 11 aromatic rings. The van der Waals surface area contributed by atoms with E-state index in [1.54, 1.807) is 0 Å². The van der Waals surface area contributed by atoms with E-state index in [1.807, 2.05) is 11.3 Å². The molecule has 0 N–H and O–H groups in total. The van der Waals surface area contributed by atoms with Crippen LogP contribution in [0.1, 0.15) is 5.56 Å². The highest BCUT2D eigenvalue weighted by Gasteiger charge is 2.27. The van der Waals surface area contributed by atoms with E-state index in [0.29, 0.717) is 6.61 Å².